The highest BCUT2D eigenvalue weighted by atomic mass is 32.2. The maximum absolute atomic E-state index is 12.3. The van der Waals surface area contributed by atoms with Crippen LogP contribution >= 0.6 is 11.8 Å². The number of thioether (sulfide) groups is 1. The van der Waals surface area contributed by atoms with Crippen molar-refractivity contribution in [2.45, 2.75) is 46.7 Å². The Hall–Kier alpha value is -0.750. The van der Waals surface area contributed by atoms with Crippen LogP contribution in [0.25, 0.3) is 0 Å². The summed E-state index contributed by atoms with van der Waals surface area (Å²) in [5, 5.41) is 6.19. The molecular formula is C14H27N3O2S. The molecule has 2 N–H and O–H groups in total. The third-order valence-electron chi connectivity index (χ3n) is 3.22. The molecule has 116 valence electrons. The summed E-state index contributed by atoms with van der Waals surface area (Å²) in [6.07, 6.45) is 0. The first-order valence-corrected chi connectivity index (χ1v) is 8.32. The molecule has 1 unspecified atom stereocenters. The zero-order valence-electron chi connectivity index (χ0n) is 13.2. The lowest BCUT2D eigenvalue weighted by molar-refractivity contribution is -0.144. The first-order chi connectivity index (χ1) is 9.27. The number of hydrogen-bond donors (Lipinski definition) is 2. The van der Waals surface area contributed by atoms with E-state index in [0.29, 0.717) is 18.2 Å². The van der Waals surface area contributed by atoms with Crippen LogP contribution in [0.15, 0.2) is 0 Å². The van der Waals surface area contributed by atoms with Gasteiger partial charge in [0, 0.05) is 23.8 Å². The molecular weight excluding hydrogens is 274 g/mol. The summed E-state index contributed by atoms with van der Waals surface area (Å²) in [6.45, 7) is 11.2. The number of carbonyl (C=O) groups is 2. The number of amides is 2. The number of rotatable bonds is 5. The van der Waals surface area contributed by atoms with Gasteiger partial charge in [-0.25, -0.2) is 0 Å². The lowest BCUT2D eigenvalue weighted by Crippen LogP contribution is -2.52. The quantitative estimate of drug-likeness (QED) is 0.797. The summed E-state index contributed by atoms with van der Waals surface area (Å²) < 4.78 is 0. The van der Waals surface area contributed by atoms with E-state index in [1.54, 1.807) is 16.7 Å². The van der Waals surface area contributed by atoms with Crippen molar-refractivity contribution in [2.75, 3.05) is 24.7 Å². The van der Waals surface area contributed by atoms with Crippen LogP contribution in [0.3, 0.4) is 0 Å². The van der Waals surface area contributed by atoms with Crippen molar-refractivity contribution in [3.63, 3.8) is 0 Å². The summed E-state index contributed by atoms with van der Waals surface area (Å²) in [5.74, 6) is 1.29. The van der Waals surface area contributed by atoms with Crippen molar-refractivity contribution in [1.82, 2.24) is 15.5 Å². The van der Waals surface area contributed by atoms with E-state index >= 15 is 0 Å². The Kier molecular flexibility index (Phi) is 6.33. The fourth-order valence-electron chi connectivity index (χ4n) is 2.08. The smallest absolute Gasteiger partial charge is 0.243 e. The Morgan fingerprint density at radius 1 is 1.40 bits per heavy atom. The second-order valence-electron chi connectivity index (χ2n) is 6.24. The van der Waals surface area contributed by atoms with Crippen molar-refractivity contribution in [1.29, 1.82) is 0 Å². The molecule has 1 rings (SSSR count). The molecule has 2 amide bonds. The van der Waals surface area contributed by atoms with E-state index < -0.39 is 5.41 Å². The van der Waals surface area contributed by atoms with Crippen molar-refractivity contribution in [2.24, 2.45) is 5.41 Å². The van der Waals surface area contributed by atoms with Gasteiger partial charge in [0.1, 0.15) is 6.04 Å². The molecule has 0 aromatic heterocycles. The van der Waals surface area contributed by atoms with Crippen LogP contribution in [0.2, 0.25) is 0 Å². The monoisotopic (exact) mass is 301 g/mol. The lowest BCUT2D eigenvalue weighted by Gasteiger charge is -2.29. The molecule has 1 aliphatic rings. The second kappa shape index (κ2) is 7.31. The van der Waals surface area contributed by atoms with Crippen LogP contribution in [0.5, 0.6) is 0 Å². The average molecular weight is 301 g/mol. The average Bonchev–Trinajstić information content (AvgIpc) is 2.83. The van der Waals surface area contributed by atoms with Crippen molar-refractivity contribution < 1.29 is 9.59 Å². The largest absolute Gasteiger partial charge is 0.353 e. The van der Waals surface area contributed by atoms with Crippen LogP contribution in [-0.2, 0) is 9.59 Å². The summed E-state index contributed by atoms with van der Waals surface area (Å²) in [4.78, 5) is 26.3. The molecule has 0 aromatic rings. The minimum atomic E-state index is -0.444. The third-order valence-corrected chi connectivity index (χ3v) is 4.23. The van der Waals surface area contributed by atoms with E-state index in [-0.39, 0.29) is 23.9 Å². The molecule has 0 aliphatic carbocycles. The number of nitrogens with zero attached hydrogens (tertiary/aromatic N) is 1. The fraction of sp³-hybridized carbons (Fsp3) is 0.857. The van der Waals surface area contributed by atoms with Gasteiger partial charge in [-0.2, -0.15) is 0 Å². The highest BCUT2D eigenvalue weighted by Gasteiger charge is 2.38. The van der Waals surface area contributed by atoms with E-state index in [1.807, 2.05) is 34.6 Å². The van der Waals surface area contributed by atoms with E-state index in [4.69, 9.17) is 0 Å². The summed E-state index contributed by atoms with van der Waals surface area (Å²) in [6, 6.07) is -0.0923. The van der Waals surface area contributed by atoms with Crippen molar-refractivity contribution in [3.05, 3.63) is 0 Å². The van der Waals surface area contributed by atoms with Gasteiger partial charge in [-0.3, -0.25) is 9.59 Å². The zero-order valence-corrected chi connectivity index (χ0v) is 14.0. The van der Waals surface area contributed by atoms with Gasteiger partial charge in [0.05, 0.1) is 5.88 Å². The minimum absolute atomic E-state index is 0.0439. The van der Waals surface area contributed by atoms with E-state index in [9.17, 15) is 9.59 Å². The summed E-state index contributed by atoms with van der Waals surface area (Å²) in [5.41, 5.74) is -0.444. The predicted molar refractivity (Wildman–Crippen MR) is 83.6 cm³/mol. The van der Waals surface area contributed by atoms with Crippen LogP contribution in [0, 0.1) is 5.41 Å². The molecule has 0 bridgehead atoms. The molecule has 0 aromatic carbocycles. The lowest BCUT2D eigenvalue weighted by atomic mass is 9.94. The van der Waals surface area contributed by atoms with Crippen LogP contribution in [-0.4, -0.2) is 53.5 Å². The topological polar surface area (TPSA) is 61.4 Å². The SMILES string of the molecule is CCN[C@H](C)CNC(=O)C1CSCN1C(=O)C(C)(C)C. The third kappa shape index (κ3) is 4.66. The number of nitrogens with one attached hydrogen (secondary N) is 2. The standard InChI is InChI=1S/C14H27N3O2S/c1-6-15-10(2)7-16-12(18)11-8-20-9-17(11)13(19)14(3,4)5/h10-11,15H,6-9H2,1-5H3,(H,16,18)/t10-,11?/m1/s1. The zero-order chi connectivity index (χ0) is 15.3. The van der Waals surface area contributed by atoms with E-state index in [2.05, 4.69) is 10.6 Å². The Bertz CT molecular complexity index is 355. The molecule has 2 atom stereocenters. The number of likely N-dealkylation sites (N-methyl/N-ethyl adjacent to an activating group) is 1. The fourth-order valence-corrected chi connectivity index (χ4v) is 3.24. The molecule has 0 spiro atoms. The molecule has 1 saturated heterocycles. The Labute approximate surface area is 126 Å². The molecule has 0 saturated carbocycles. The first-order valence-electron chi connectivity index (χ1n) is 7.17. The molecule has 1 aliphatic heterocycles. The Morgan fingerprint density at radius 2 is 2.05 bits per heavy atom. The molecule has 1 fully saturated rings. The van der Waals surface area contributed by atoms with Gasteiger partial charge in [0.2, 0.25) is 11.8 Å². The number of hydrogen-bond acceptors (Lipinski definition) is 4. The van der Waals surface area contributed by atoms with Crippen LogP contribution in [0.4, 0.5) is 0 Å². The van der Waals surface area contributed by atoms with Crippen LogP contribution < -0.4 is 10.6 Å². The van der Waals surface area contributed by atoms with Gasteiger partial charge in [-0.05, 0) is 13.5 Å². The van der Waals surface area contributed by atoms with Crippen molar-refractivity contribution >= 4 is 23.6 Å². The van der Waals surface area contributed by atoms with E-state index in [0.717, 1.165) is 6.54 Å². The highest BCUT2D eigenvalue weighted by Crippen LogP contribution is 2.27. The minimum Gasteiger partial charge on any atom is -0.353 e. The second-order valence-corrected chi connectivity index (χ2v) is 7.24. The van der Waals surface area contributed by atoms with Gasteiger partial charge < -0.3 is 15.5 Å². The summed E-state index contributed by atoms with van der Waals surface area (Å²) >= 11 is 1.64. The normalized spacial score (nSPS) is 20.9. The van der Waals surface area contributed by atoms with Crippen LogP contribution in [0.1, 0.15) is 34.6 Å². The maximum Gasteiger partial charge on any atom is 0.243 e. The molecule has 6 heteroatoms. The van der Waals surface area contributed by atoms with Crippen molar-refractivity contribution in [3.8, 4) is 0 Å². The number of carbonyl (C=O) groups excluding carboxylic acids is 2. The molecule has 0 radical (unpaired) electrons. The highest BCUT2D eigenvalue weighted by molar-refractivity contribution is 7.99. The Morgan fingerprint density at radius 3 is 2.60 bits per heavy atom. The maximum atomic E-state index is 12.3. The molecule has 1 heterocycles. The first kappa shape index (κ1) is 17.3. The van der Waals surface area contributed by atoms with E-state index in [1.165, 1.54) is 0 Å². The van der Waals surface area contributed by atoms with Gasteiger partial charge in [0.25, 0.3) is 0 Å². The molecule has 5 nitrogen and oxygen atoms in total. The van der Waals surface area contributed by atoms with Gasteiger partial charge >= 0.3 is 0 Å². The summed E-state index contributed by atoms with van der Waals surface area (Å²) in [7, 11) is 0. The van der Waals surface area contributed by atoms with Gasteiger partial charge in [-0.15, -0.1) is 11.8 Å². The Balaban J connectivity index is 2.56. The molecule has 20 heavy (non-hydrogen) atoms. The van der Waals surface area contributed by atoms with Gasteiger partial charge in [-0.1, -0.05) is 27.7 Å². The predicted octanol–water partition coefficient (Wildman–Crippen LogP) is 1.05. The van der Waals surface area contributed by atoms with Gasteiger partial charge in [0.15, 0.2) is 0 Å².